The summed E-state index contributed by atoms with van der Waals surface area (Å²) in [5.41, 5.74) is 1.87. The molecule has 0 aliphatic carbocycles. The summed E-state index contributed by atoms with van der Waals surface area (Å²) in [5, 5.41) is 5.47. The molecule has 0 aliphatic heterocycles. The van der Waals surface area contributed by atoms with E-state index in [0.29, 0.717) is 0 Å². The van der Waals surface area contributed by atoms with Gasteiger partial charge in [-0.25, -0.2) is 0 Å². The van der Waals surface area contributed by atoms with E-state index in [0.717, 1.165) is 27.0 Å². The monoisotopic (exact) mass is 406 g/mol. The third-order valence-corrected chi connectivity index (χ3v) is 4.84. The second-order valence-corrected chi connectivity index (χ2v) is 7.04. The third-order valence-electron chi connectivity index (χ3n) is 3.30. The van der Waals surface area contributed by atoms with Gasteiger partial charge in [0.2, 0.25) is 11.8 Å². The predicted molar refractivity (Wildman–Crippen MR) is 102 cm³/mol. The van der Waals surface area contributed by atoms with Gasteiger partial charge >= 0.3 is 0 Å². The molecular formula is C18H19BrN2O2S. The zero-order valence-corrected chi connectivity index (χ0v) is 15.7. The molecule has 4 nitrogen and oxygen atoms in total. The summed E-state index contributed by atoms with van der Waals surface area (Å²) in [6, 6.07) is 15.4. The summed E-state index contributed by atoms with van der Waals surface area (Å²) in [7, 11) is 0. The maximum Gasteiger partial charge on any atom is 0.243 e. The maximum atomic E-state index is 12.0. The molecule has 0 atom stereocenters. The Bertz CT molecular complexity index is 704. The zero-order chi connectivity index (χ0) is 17.4. The zero-order valence-electron chi connectivity index (χ0n) is 13.3. The van der Waals surface area contributed by atoms with Crippen molar-refractivity contribution in [1.29, 1.82) is 0 Å². The lowest BCUT2D eigenvalue weighted by Gasteiger charge is -2.10. The van der Waals surface area contributed by atoms with Crippen LogP contribution in [-0.2, 0) is 16.0 Å². The first kappa shape index (κ1) is 18.5. The van der Waals surface area contributed by atoms with E-state index in [1.807, 2.05) is 55.5 Å². The highest BCUT2D eigenvalue weighted by atomic mass is 79.9. The van der Waals surface area contributed by atoms with Crippen LogP contribution >= 0.6 is 27.7 Å². The molecule has 2 aromatic rings. The van der Waals surface area contributed by atoms with Crippen molar-refractivity contribution in [1.82, 2.24) is 5.32 Å². The molecule has 0 saturated heterocycles. The number of para-hydroxylation sites is 1. The van der Waals surface area contributed by atoms with Crippen LogP contribution in [0.5, 0.6) is 0 Å². The van der Waals surface area contributed by atoms with Gasteiger partial charge in [-0.3, -0.25) is 9.59 Å². The first-order chi connectivity index (χ1) is 11.6. The normalized spacial score (nSPS) is 10.2. The van der Waals surface area contributed by atoms with Crippen LogP contribution in [0.2, 0.25) is 0 Å². The minimum atomic E-state index is -0.224. The van der Waals surface area contributed by atoms with Crippen molar-refractivity contribution in [3.05, 3.63) is 58.6 Å². The summed E-state index contributed by atoms with van der Waals surface area (Å²) in [6.45, 7) is 2.00. The van der Waals surface area contributed by atoms with Gasteiger partial charge in [0.15, 0.2) is 0 Å². The fraction of sp³-hybridized carbons (Fsp3) is 0.222. The van der Waals surface area contributed by atoms with E-state index in [9.17, 15) is 9.59 Å². The van der Waals surface area contributed by atoms with Gasteiger partial charge in [-0.15, -0.1) is 11.8 Å². The van der Waals surface area contributed by atoms with E-state index >= 15 is 0 Å². The lowest BCUT2D eigenvalue weighted by molar-refractivity contribution is -0.122. The van der Waals surface area contributed by atoms with Gasteiger partial charge in [-0.1, -0.05) is 41.1 Å². The molecule has 6 heteroatoms. The number of amides is 2. The number of nitrogens with one attached hydrogen (secondary N) is 2. The second kappa shape index (κ2) is 9.49. The SMILES string of the molecule is CCc1ccccc1NC(=O)CNC(=O)CSc1ccc(Br)cc1. The average molecular weight is 407 g/mol. The van der Waals surface area contributed by atoms with Crippen molar-refractivity contribution in [2.75, 3.05) is 17.6 Å². The van der Waals surface area contributed by atoms with Gasteiger partial charge in [-0.2, -0.15) is 0 Å². The fourth-order valence-corrected chi connectivity index (χ4v) is 3.05. The summed E-state index contributed by atoms with van der Waals surface area (Å²) < 4.78 is 1.00. The number of aryl methyl sites for hydroxylation is 1. The van der Waals surface area contributed by atoms with Crippen molar-refractivity contribution < 1.29 is 9.59 Å². The number of rotatable bonds is 7. The summed E-state index contributed by atoms with van der Waals surface area (Å²) >= 11 is 4.80. The van der Waals surface area contributed by atoms with Gasteiger partial charge in [0.25, 0.3) is 0 Å². The Morgan fingerprint density at radius 1 is 1.04 bits per heavy atom. The van der Waals surface area contributed by atoms with Crippen molar-refractivity contribution >= 4 is 45.2 Å². The van der Waals surface area contributed by atoms with E-state index < -0.39 is 0 Å². The highest BCUT2D eigenvalue weighted by Gasteiger charge is 2.08. The van der Waals surface area contributed by atoms with Crippen LogP contribution in [-0.4, -0.2) is 24.1 Å². The molecule has 0 radical (unpaired) electrons. The standard InChI is InChI=1S/C18H19BrN2O2S/c1-2-13-5-3-4-6-16(13)21-17(22)11-20-18(23)12-24-15-9-7-14(19)8-10-15/h3-10H,2,11-12H2,1H3,(H,20,23)(H,21,22). The largest absolute Gasteiger partial charge is 0.346 e. The fourth-order valence-electron chi connectivity index (χ4n) is 2.05. The van der Waals surface area contributed by atoms with Crippen molar-refractivity contribution in [3.8, 4) is 0 Å². The molecule has 0 spiro atoms. The Balaban J connectivity index is 1.74. The van der Waals surface area contributed by atoms with E-state index in [-0.39, 0.29) is 24.1 Å². The first-order valence-electron chi connectivity index (χ1n) is 7.61. The van der Waals surface area contributed by atoms with Crippen molar-refractivity contribution in [3.63, 3.8) is 0 Å². The maximum absolute atomic E-state index is 12.0. The summed E-state index contributed by atoms with van der Waals surface area (Å²) in [6.07, 6.45) is 0.840. The highest BCUT2D eigenvalue weighted by molar-refractivity contribution is 9.10. The molecule has 0 fully saturated rings. The molecule has 0 aromatic heterocycles. The number of hydrogen-bond acceptors (Lipinski definition) is 3. The van der Waals surface area contributed by atoms with Crippen LogP contribution in [0.4, 0.5) is 5.69 Å². The minimum absolute atomic E-state index is 0.0300. The number of anilines is 1. The molecule has 2 amide bonds. The van der Waals surface area contributed by atoms with Gasteiger partial charge < -0.3 is 10.6 Å². The number of benzene rings is 2. The van der Waals surface area contributed by atoms with Gasteiger partial charge in [0.1, 0.15) is 0 Å². The van der Waals surface area contributed by atoms with Crippen molar-refractivity contribution in [2.45, 2.75) is 18.2 Å². The van der Waals surface area contributed by atoms with Crippen molar-refractivity contribution in [2.24, 2.45) is 0 Å². The number of thioether (sulfide) groups is 1. The van der Waals surface area contributed by atoms with Gasteiger partial charge in [0.05, 0.1) is 12.3 Å². The molecule has 0 saturated carbocycles. The van der Waals surface area contributed by atoms with E-state index in [2.05, 4.69) is 26.6 Å². The van der Waals surface area contributed by atoms with Crippen LogP contribution in [0.25, 0.3) is 0 Å². The quantitative estimate of drug-likeness (QED) is 0.686. The Labute approximate surface area is 154 Å². The number of hydrogen-bond donors (Lipinski definition) is 2. The Morgan fingerprint density at radius 2 is 1.75 bits per heavy atom. The third kappa shape index (κ3) is 6.02. The lowest BCUT2D eigenvalue weighted by Crippen LogP contribution is -2.34. The average Bonchev–Trinajstić information content (AvgIpc) is 2.60. The minimum Gasteiger partial charge on any atom is -0.346 e. The molecule has 126 valence electrons. The molecule has 2 rings (SSSR count). The Hall–Kier alpha value is -1.79. The predicted octanol–water partition coefficient (Wildman–Crippen LogP) is 3.86. The summed E-state index contributed by atoms with van der Waals surface area (Å²) in [5.74, 6) is -0.111. The van der Waals surface area contributed by atoms with Crippen LogP contribution in [0.1, 0.15) is 12.5 Å². The topological polar surface area (TPSA) is 58.2 Å². The van der Waals surface area contributed by atoms with Crippen LogP contribution in [0.3, 0.4) is 0 Å². The van der Waals surface area contributed by atoms with Gasteiger partial charge in [-0.05, 0) is 42.3 Å². The van der Waals surface area contributed by atoms with Crippen LogP contribution in [0, 0.1) is 0 Å². The Kier molecular flexibility index (Phi) is 7.34. The molecule has 0 bridgehead atoms. The van der Waals surface area contributed by atoms with E-state index in [1.165, 1.54) is 11.8 Å². The van der Waals surface area contributed by atoms with E-state index in [1.54, 1.807) is 0 Å². The number of carbonyl (C=O) groups is 2. The molecular weight excluding hydrogens is 388 g/mol. The molecule has 0 unspecified atom stereocenters. The molecule has 24 heavy (non-hydrogen) atoms. The first-order valence-corrected chi connectivity index (χ1v) is 9.39. The Morgan fingerprint density at radius 3 is 2.46 bits per heavy atom. The smallest absolute Gasteiger partial charge is 0.243 e. The lowest BCUT2D eigenvalue weighted by atomic mass is 10.1. The molecule has 0 aliphatic rings. The number of carbonyl (C=O) groups excluding carboxylic acids is 2. The van der Waals surface area contributed by atoms with Crippen LogP contribution < -0.4 is 10.6 Å². The second-order valence-electron chi connectivity index (χ2n) is 5.08. The summed E-state index contributed by atoms with van der Waals surface area (Å²) in [4.78, 5) is 24.8. The molecule has 2 N–H and O–H groups in total. The highest BCUT2D eigenvalue weighted by Crippen LogP contribution is 2.20. The van der Waals surface area contributed by atoms with Crippen LogP contribution in [0.15, 0.2) is 57.9 Å². The molecule has 2 aromatic carbocycles. The van der Waals surface area contributed by atoms with E-state index in [4.69, 9.17) is 0 Å². The van der Waals surface area contributed by atoms with Gasteiger partial charge in [0, 0.05) is 15.1 Å². The number of halogens is 1. The molecule has 0 heterocycles.